The average molecular weight is 249 g/mol. The van der Waals surface area contributed by atoms with Gasteiger partial charge < -0.3 is 16.2 Å². The number of aliphatic hydroxyl groups is 1. The zero-order valence-corrected chi connectivity index (χ0v) is 9.72. The summed E-state index contributed by atoms with van der Waals surface area (Å²) in [6, 6.07) is 5.02. The molecule has 0 aromatic heterocycles. The lowest BCUT2D eigenvalue weighted by Crippen LogP contribution is -2.27. The van der Waals surface area contributed by atoms with Crippen LogP contribution in [-0.4, -0.2) is 24.7 Å². The SMILES string of the molecule is NCCNCC(O)c1cc(Cl)cc(Cl)c1. The summed E-state index contributed by atoms with van der Waals surface area (Å²) in [6.45, 7) is 1.66. The van der Waals surface area contributed by atoms with Crippen molar-refractivity contribution < 1.29 is 5.11 Å². The van der Waals surface area contributed by atoms with Crippen LogP contribution in [0.2, 0.25) is 10.0 Å². The van der Waals surface area contributed by atoms with Gasteiger partial charge in [-0.1, -0.05) is 23.2 Å². The number of hydrogen-bond donors (Lipinski definition) is 3. The van der Waals surface area contributed by atoms with Gasteiger partial charge in [0.25, 0.3) is 0 Å². The summed E-state index contributed by atoms with van der Waals surface area (Å²) in [7, 11) is 0. The van der Waals surface area contributed by atoms with Crippen LogP contribution in [0.1, 0.15) is 11.7 Å². The van der Waals surface area contributed by atoms with Gasteiger partial charge in [-0.2, -0.15) is 0 Å². The molecular formula is C10H14Cl2N2O. The smallest absolute Gasteiger partial charge is 0.0915 e. The van der Waals surface area contributed by atoms with Gasteiger partial charge >= 0.3 is 0 Å². The molecule has 1 aromatic carbocycles. The van der Waals surface area contributed by atoms with Crippen LogP contribution in [0.3, 0.4) is 0 Å². The Hall–Kier alpha value is -0.320. The summed E-state index contributed by atoms with van der Waals surface area (Å²) < 4.78 is 0. The zero-order chi connectivity index (χ0) is 11.3. The highest BCUT2D eigenvalue weighted by Crippen LogP contribution is 2.23. The number of hydrogen-bond acceptors (Lipinski definition) is 3. The van der Waals surface area contributed by atoms with Gasteiger partial charge in [-0.25, -0.2) is 0 Å². The van der Waals surface area contributed by atoms with Crippen molar-refractivity contribution >= 4 is 23.2 Å². The Balaban J connectivity index is 2.60. The molecule has 0 radical (unpaired) electrons. The first kappa shape index (κ1) is 12.7. The lowest BCUT2D eigenvalue weighted by molar-refractivity contribution is 0.175. The molecule has 0 aliphatic rings. The summed E-state index contributed by atoms with van der Waals surface area (Å²) >= 11 is 11.6. The van der Waals surface area contributed by atoms with E-state index >= 15 is 0 Å². The standard InChI is InChI=1S/C10H14Cl2N2O/c11-8-3-7(4-9(12)5-8)10(15)6-14-2-1-13/h3-5,10,14-15H,1-2,6,13H2. The van der Waals surface area contributed by atoms with Crippen molar-refractivity contribution in [2.45, 2.75) is 6.10 Å². The monoisotopic (exact) mass is 248 g/mol. The zero-order valence-electron chi connectivity index (χ0n) is 8.21. The number of aliphatic hydroxyl groups excluding tert-OH is 1. The molecule has 3 nitrogen and oxygen atoms in total. The van der Waals surface area contributed by atoms with E-state index in [1.807, 2.05) is 0 Å². The maximum absolute atomic E-state index is 9.78. The molecule has 0 saturated heterocycles. The van der Waals surface area contributed by atoms with Crippen molar-refractivity contribution in [2.75, 3.05) is 19.6 Å². The first-order chi connectivity index (χ1) is 7.13. The molecule has 0 bridgehead atoms. The highest BCUT2D eigenvalue weighted by molar-refractivity contribution is 6.34. The van der Waals surface area contributed by atoms with Crippen LogP contribution in [0.25, 0.3) is 0 Å². The molecule has 84 valence electrons. The van der Waals surface area contributed by atoms with Gasteiger partial charge in [0.15, 0.2) is 0 Å². The number of halogens is 2. The fourth-order valence-electron chi connectivity index (χ4n) is 1.23. The third kappa shape index (κ3) is 4.36. The number of nitrogens with two attached hydrogens (primary N) is 1. The molecule has 0 amide bonds. The third-order valence-corrected chi connectivity index (χ3v) is 2.36. The van der Waals surface area contributed by atoms with Crippen LogP contribution >= 0.6 is 23.2 Å². The number of benzene rings is 1. The first-order valence-electron chi connectivity index (χ1n) is 4.68. The molecular weight excluding hydrogens is 235 g/mol. The normalized spacial score (nSPS) is 12.8. The highest BCUT2D eigenvalue weighted by Gasteiger charge is 2.08. The fraction of sp³-hybridized carbons (Fsp3) is 0.400. The molecule has 0 fully saturated rings. The second-order valence-corrected chi connectivity index (χ2v) is 4.08. The predicted octanol–water partition coefficient (Wildman–Crippen LogP) is 1.58. The van der Waals surface area contributed by atoms with E-state index in [1.54, 1.807) is 18.2 Å². The Kier molecular flexibility index (Phi) is 5.36. The molecule has 1 atom stereocenters. The van der Waals surface area contributed by atoms with Crippen molar-refractivity contribution in [3.05, 3.63) is 33.8 Å². The van der Waals surface area contributed by atoms with Crippen molar-refractivity contribution in [1.29, 1.82) is 0 Å². The van der Waals surface area contributed by atoms with Gasteiger partial charge in [0.05, 0.1) is 6.10 Å². The van der Waals surface area contributed by atoms with Crippen molar-refractivity contribution in [3.63, 3.8) is 0 Å². The molecule has 1 aromatic rings. The van der Waals surface area contributed by atoms with Crippen LogP contribution in [0.5, 0.6) is 0 Å². The molecule has 0 spiro atoms. The Bertz CT molecular complexity index is 300. The van der Waals surface area contributed by atoms with E-state index in [-0.39, 0.29) is 0 Å². The maximum Gasteiger partial charge on any atom is 0.0915 e. The second kappa shape index (κ2) is 6.30. The maximum atomic E-state index is 9.78. The Labute approximate surface area is 99.2 Å². The summed E-state index contributed by atoms with van der Waals surface area (Å²) in [6.07, 6.45) is -0.618. The molecule has 0 aliphatic heterocycles. The Morgan fingerprint density at radius 2 is 1.87 bits per heavy atom. The molecule has 4 N–H and O–H groups in total. The van der Waals surface area contributed by atoms with Crippen LogP contribution in [0.15, 0.2) is 18.2 Å². The van der Waals surface area contributed by atoms with Gasteiger partial charge in [0, 0.05) is 29.7 Å². The van der Waals surface area contributed by atoms with Gasteiger partial charge in [-0.05, 0) is 23.8 Å². The quantitative estimate of drug-likeness (QED) is 0.694. The average Bonchev–Trinajstić information content (AvgIpc) is 2.16. The summed E-state index contributed by atoms with van der Waals surface area (Å²) in [4.78, 5) is 0. The van der Waals surface area contributed by atoms with Gasteiger partial charge in [0.1, 0.15) is 0 Å². The van der Waals surface area contributed by atoms with Gasteiger partial charge in [-0.3, -0.25) is 0 Å². The largest absolute Gasteiger partial charge is 0.387 e. The van der Waals surface area contributed by atoms with Crippen LogP contribution in [-0.2, 0) is 0 Å². The van der Waals surface area contributed by atoms with E-state index in [0.717, 1.165) is 0 Å². The Morgan fingerprint density at radius 1 is 1.27 bits per heavy atom. The minimum atomic E-state index is -0.618. The van der Waals surface area contributed by atoms with E-state index in [9.17, 15) is 5.11 Å². The minimum Gasteiger partial charge on any atom is -0.387 e. The minimum absolute atomic E-state index is 0.438. The summed E-state index contributed by atoms with van der Waals surface area (Å²) in [5, 5.41) is 13.8. The van der Waals surface area contributed by atoms with Crippen molar-refractivity contribution in [3.8, 4) is 0 Å². The lowest BCUT2D eigenvalue weighted by Gasteiger charge is -2.12. The van der Waals surface area contributed by atoms with E-state index in [2.05, 4.69) is 5.32 Å². The molecule has 1 rings (SSSR count). The van der Waals surface area contributed by atoms with Gasteiger partial charge in [-0.15, -0.1) is 0 Å². The molecule has 1 unspecified atom stereocenters. The molecule has 15 heavy (non-hydrogen) atoms. The fourth-order valence-corrected chi connectivity index (χ4v) is 1.77. The lowest BCUT2D eigenvalue weighted by atomic mass is 10.1. The van der Waals surface area contributed by atoms with Crippen molar-refractivity contribution in [2.24, 2.45) is 5.73 Å². The second-order valence-electron chi connectivity index (χ2n) is 3.21. The van der Waals surface area contributed by atoms with Crippen LogP contribution < -0.4 is 11.1 Å². The van der Waals surface area contributed by atoms with Gasteiger partial charge in [0.2, 0.25) is 0 Å². The highest BCUT2D eigenvalue weighted by atomic mass is 35.5. The Morgan fingerprint density at radius 3 is 2.40 bits per heavy atom. The first-order valence-corrected chi connectivity index (χ1v) is 5.44. The molecule has 0 saturated carbocycles. The van der Waals surface area contributed by atoms with E-state index in [4.69, 9.17) is 28.9 Å². The summed E-state index contributed by atoms with van der Waals surface area (Å²) in [5.74, 6) is 0. The molecule has 5 heteroatoms. The van der Waals surface area contributed by atoms with E-state index in [0.29, 0.717) is 35.2 Å². The van der Waals surface area contributed by atoms with Crippen LogP contribution in [0, 0.1) is 0 Å². The molecule has 0 heterocycles. The van der Waals surface area contributed by atoms with E-state index in [1.165, 1.54) is 0 Å². The van der Waals surface area contributed by atoms with Crippen LogP contribution in [0.4, 0.5) is 0 Å². The summed E-state index contributed by atoms with van der Waals surface area (Å²) in [5.41, 5.74) is 6.02. The predicted molar refractivity (Wildman–Crippen MR) is 63.3 cm³/mol. The molecule has 0 aliphatic carbocycles. The third-order valence-electron chi connectivity index (χ3n) is 1.93. The number of nitrogens with one attached hydrogen (secondary N) is 1. The van der Waals surface area contributed by atoms with Crippen molar-refractivity contribution in [1.82, 2.24) is 5.32 Å². The number of rotatable bonds is 5. The topological polar surface area (TPSA) is 58.3 Å². The van der Waals surface area contributed by atoms with E-state index < -0.39 is 6.10 Å².